The maximum absolute atomic E-state index is 12.7. The first-order chi connectivity index (χ1) is 14.4. The van der Waals surface area contributed by atoms with Crippen molar-refractivity contribution in [2.24, 2.45) is 5.41 Å². The van der Waals surface area contributed by atoms with Gasteiger partial charge in [0.25, 0.3) is 0 Å². The quantitative estimate of drug-likeness (QED) is 0.599. The zero-order valence-electron chi connectivity index (χ0n) is 17.5. The number of benzene rings is 3. The highest BCUT2D eigenvalue weighted by molar-refractivity contribution is 5.89. The lowest BCUT2D eigenvalue weighted by atomic mass is 9.66. The third kappa shape index (κ3) is 3.87. The normalized spacial score (nSPS) is 14.1. The number of hydrogen-bond acceptors (Lipinski definition) is 4. The fraction of sp³-hybridized carbons (Fsp3) is 0.280. The molecule has 0 radical (unpaired) electrons. The van der Waals surface area contributed by atoms with Crippen molar-refractivity contribution in [1.29, 1.82) is 5.26 Å². The molecular formula is C25H26N2O3. The molecule has 0 heterocycles. The Morgan fingerprint density at radius 3 is 2.37 bits per heavy atom. The Kier molecular flexibility index (Phi) is 6.39. The standard InChI is InChI=1S/C25H26N2O3/c1-27(2)16-15-25(17-26,24(28)29)23(21-12-6-7-14-22(21)30-3)20-13-8-10-18-9-4-5-11-19(18)20/h4-14,23H,15-16H2,1-3H3,(H,28,29). The lowest BCUT2D eigenvalue weighted by Gasteiger charge is -2.34. The largest absolute Gasteiger partial charge is 0.496 e. The SMILES string of the molecule is COc1ccccc1C(c1cccc2ccccc12)C(C#N)(CCN(C)C)C(=O)O. The highest BCUT2D eigenvalue weighted by atomic mass is 16.5. The summed E-state index contributed by atoms with van der Waals surface area (Å²) in [6.45, 7) is 0.469. The van der Waals surface area contributed by atoms with Crippen molar-refractivity contribution in [2.75, 3.05) is 27.7 Å². The van der Waals surface area contributed by atoms with E-state index in [1.54, 1.807) is 7.11 Å². The van der Waals surface area contributed by atoms with Gasteiger partial charge in [-0.1, -0.05) is 60.7 Å². The average molecular weight is 402 g/mol. The Morgan fingerprint density at radius 2 is 1.70 bits per heavy atom. The van der Waals surface area contributed by atoms with Crippen LogP contribution in [-0.2, 0) is 4.79 Å². The van der Waals surface area contributed by atoms with Gasteiger partial charge in [0.2, 0.25) is 0 Å². The summed E-state index contributed by atoms with van der Waals surface area (Å²) in [5.41, 5.74) is -0.164. The second-order valence-corrected chi connectivity index (χ2v) is 7.68. The first-order valence-electron chi connectivity index (χ1n) is 9.84. The second-order valence-electron chi connectivity index (χ2n) is 7.68. The molecule has 0 saturated carbocycles. The molecule has 0 fully saturated rings. The molecule has 0 aliphatic carbocycles. The van der Waals surface area contributed by atoms with Crippen molar-refractivity contribution in [3.05, 3.63) is 77.9 Å². The van der Waals surface area contributed by atoms with Crippen LogP contribution in [0.1, 0.15) is 23.5 Å². The molecule has 154 valence electrons. The summed E-state index contributed by atoms with van der Waals surface area (Å²) < 4.78 is 5.59. The van der Waals surface area contributed by atoms with Gasteiger partial charge in [0.05, 0.1) is 13.2 Å². The predicted molar refractivity (Wildman–Crippen MR) is 118 cm³/mol. The molecule has 0 spiro atoms. The molecule has 3 rings (SSSR count). The summed E-state index contributed by atoms with van der Waals surface area (Å²) in [4.78, 5) is 14.6. The Hall–Kier alpha value is -3.36. The summed E-state index contributed by atoms with van der Waals surface area (Å²) in [6.07, 6.45) is 0.178. The van der Waals surface area contributed by atoms with E-state index in [-0.39, 0.29) is 6.42 Å². The monoisotopic (exact) mass is 402 g/mol. The minimum atomic E-state index is -1.66. The van der Waals surface area contributed by atoms with Gasteiger partial charge in [0.15, 0.2) is 5.41 Å². The second kappa shape index (κ2) is 8.98. The van der Waals surface area contributed by atoms with Crippen LogP contribution >= 0.6 is 0 Å². The van der Waals surface area contributed by atoms with Gasteiger partial charge >= 0.3 is 5.97 Å². The van der Waals surface area contributed by atoms with Gasteiger partial charge in [-0.05, 0) is 49.5 Å². The van der Waals surface area contributed by atoms with Gasteiger partial charge in [-0.3, -0.25) is 4.79 Å². The van der Waals surface area contributed by atoms with Crippen molar-refractivity contribution in [3.63, 3.8) is 0 Å². The summed E-state index contributed by atoms with van der Waals surface area (Å²) >= 11 is 0. The third-order valence-corrected chi connectivity index (χ3v) is 5.61. The molecule has 5 heteroatoms. The van der Waals surface area contributed by atoms with Crippen LogP contribution in [-0.4, -0.2) is 43.7 Å². The van der Waals surface area contributed by atoms with Crippen LogP contribution in [0, 0.1) is 16.7 Å². The summed E-state index contributed by atoms with van der Waals surface area (Å²) in [5.74, 6) is -1.26. The lowest BCUT2D eigenvalue weighted by molar-refractivity contribution is -0.146. The van der Waals surface area contributed by atoms with E-state index in [1.165, 1.54) is 0 Å². The zero-order valence-corrected chi connectivity index (χ0v) is 17.5. The highest BCUT2D eigenvalue weighted by Gasteiger charge is 2.49. The fourth-order valence-electron chi connectivity index (χ4n) is 4.05. The number of carboxylic acids is 1. The fourth-order valence-corrected chi connectivity index (χ4v) is 4.05. The molecule has 5 nitrogen and oxygen atoms in total. The van der Waals surface area contributed by atoms with Crippen LogP contribution in [0.15, 0.2) is 66.7 Å². The molecule has 0 aliphatic rings. The number of nitriles is 1. The molecule has 0 amide bonds. The number of rotatable bonds is 8. The molecule has 3 aromatic rings. The van der Waals surface area contributed by atoms with Crippen LogP contribution in [0.2, 0.25) is 0 Å². The highest BCUT2D eigenvalue weighted by Crippen LogP contribution is 2.48. The maximum Gasteiger partial charge on any atom is 0.325 e. The van der Waals surface area contributed by atoms with Gasteiger partial charge in [-0.15, -0.1) is 0 Å². The topological polar surface area (TPSA) is 73.6 Å². The molecule has 0 bridgehead atoms. The first-order valence-corrected chi connectivity index (χ1v) is 9.84. The van der Waals surface area contributed by atoms with E-state index in [2.05, 4.69) is 6.07 Å². The molecule has 0 aliphatic heterocycles. The number of carboxylic acid groups (broad SMARTS) is 1. The van der Waals surface area contributed by atoms with Crippen molar-refractivity contribution in [3.8, 4) is 11.8 Å². The first kappa shape index (κ1) is 21.4. The van der Waals surface area contributed by atoms with E-state index in [1.807, 2.05) is 85.7 Å². The van der Waals surface area contributed by atoms with Gasteiger partial charge in [-0.25, -0.2) is 0 Å². The molecule has 0 saturated heterocycles. The number of para-hydroxylation sites is 1. The van der Waals surface area contributed by atoms with E-state index in [0.717, 1.165) is 16.3 Å². The van der Waals surface area contributed by atoms with Crippen molar-refractivity contribution < 1.29 is 14.6 Å². The van der Waals surface area contributed by atoms with Crippen LogP contribution in [0.3, 0.4) is 0 Å². The molecule has 2 atom stereocenters. The smallest absolute Gasteiger partial charge is 0.325 e. The van der Waals surface area contributed by atoms with Gasteiger partial charge in [0, 0.05) is 11.5 Å². The molecule has 0 aromatic heterocycles. The Balaban J connectivity index is 2.37. The van der Waals surface area contributed by atoms with Gasteiger partial charge in [-0.2, -0.15) is 5.26 Å². The van der Waals surface area contributed by atoms with E-state index >= 15 is 0 Å². The Labute approximate surface area is 177 Å². The number of aliphatic carboxylic acids is 1. The minimum absolute atomic E-state index is 0.178. The molecule has 3 aromatic carbocycles. The number of ether oxygens (including phenoxy) is 1. The van der Waals surface area contributed by atoms with Crippen LogP contribution in [0.5, 0.6) is 5.75 Å². The van der Waals surface area contributed by atoms with Crippen LogP contribution in [0.4, 0.5) is 0 Å². The molecule has 1 N–H and O–H groups in total. The molecule has 30 heavy (non-hydrogen) atoms. The Bertz CT molecular complexity index is 1080. The van der Waals surface area contributed by atoms with E-state index < -0.39 is 17.3 Å². The maximum atomic E-state index is 12.7. The number of carbonyl (C=O) groups is 1. The number of hydrogen-bond donors (Lipinski definition) is 1. The van der Waals surface area contributed by atoms with E-state index in [9.17, 15) is 15.2 Å². The summed E-state index contributed by atoms with van der Waals surface area (Å²) in [5, 5.41) is 22.6. The summed E-state index contributed by atoms with van der Waals surface area (Å²) in [7, 11) is 5.31. The van der Waals surface area contributed by atoms with E-state index in [0.29, 0.717) is 17.9 Å². The van der Waals surface area contributed by atoms with Gasteiger partial charge in [0.1, 0.15) is 5.75 Å². The van der Waals surface area contributed by atoms with Crippen molar-refractivity contribution in [2.45, 2.75) is 12.3 Å². The number of fused-ring (bicyclic) bond motifs is 1. The van der Waals surface area contributed by atoms with Crippen LogP contribution < -0.4 is 4.74 Å². The average Bonchev–Trinajstić information content (AvgIpc) is 2.76. The van der Waals surface area contributed by atoms with Gasteiger partial charge < -0.3 is 14.7 Å². The zero-order chi connectivity index (χ0) is 21.7. The molecule has 2 unspecified atom stereocenters. The third-order valence-electron chi connectivity index (χ3n) is 5.61. The summed E-state index contributed by atoms with van der Waals surface area (Å²) in [6, 6.07) is 23.2. The van der Waals surface area contributed by atoms with E-state index in [4.69, 9.17) is 4.74 Å². The Morgan fingerprint density at radius 1 is 1.07 bits per heavy atom. The van der Waals surface area contributed by atoms with Crippen molar-refractivity contribution in [1.82, 2.24) is 4.90 Å². The number of nitrogens with zero attached hydrogens (tertiary/aromatic N) is 2. The van der Waals surface area contributed by atoms with Crippen molar-refractivity contribution >= 4 is 16.7 Å². The predicted octanol–water partition coefficient (Wildman–Crippen LogP) is 4.53. The minimum Gasteiger partial charge on any atom is -0.496 e. The molecular weight excluding hydrogens is 376 g/mol. The van der Waals surface area contributed by atoms with Crippen LogP contribution in [0.25, 0.3) is 10.8 Å². The number of methoxy groups -OCH3 is 1. The lowest BCUT2D eigenvalue weighted by Crippen LogP contribution is -2.39.